The van der Waals surface area contributed by atoms with Crippen molar-refractivity contribution in [3.63, 3.8) is 0 Å². The summed E-state index contributed by atoms with van der Waals surface area (Å²) in [5.74, 6) is -0.207. The number of aliphatic hydroxyl groups is 1. The Morgan fingerprint density at radius 1 is 1.50 bits per heavy atom. The van der Waals surface area contributed by atoms with Crippen molar-refractivity contribution in [3.05, 3.63) is 0 Å². The summed E-state index contributed by atoms with van der Waals surface area (Å²) in [6.45, 7) is 1.76. The molecule has 2 atom stereocenters. The Kier molecular flexibility index (Phi) is 3.53. The van der Waals surface area contributed by atoms with Gasteiger partial charge in [-0.15, -0.1) is 0 Å². The number of hydrogen-bond donors (Lipinski definition) is 1. The molecule has 0 spiro atoms. The van der Waals surface area contributed by atoms with E-state index in [0.717, 1.165) is 25.7 Å². The van der Waals surface area contributed by atoms with Gasteiger partial charge >= 0.3 is 5.97 Å². The van der Waals surface area contributed by atoms with Crippen LogP contribution in [0.3, 0.4) is 0 Å². The van der Waals surface area contributed by atoms with E-state index in [1.165, 1.54) is 0 Å². The quantitative estimate of drug-likeness (QED) is 0.637. The molecule has 0 saturated heterocycles. The van der Waals surface area contributed by atoms with E-state index in [2.05, 4.69) is 0 Å². The van der Waals surface area contributed by atoms with Crippen LogP contribution in [0, 0.1) is 0 Å². The van der Waals surface area contributed by atoms with Gasteiger partial charge in [-0.25, -0.2) is 0 Å². The molecule has 0 aliphatic heterocycles. The molecule has 70 valence electrons. The minimum atomic E-state index is -0.436. The van der Waals surface area contributed by atoms with E-state index in [9.17, 15) is 9.90 Å². The molecule has 12 heavy (non-hydrogen) atoms. The summed E-state index contributed by atoms with van der Waals surface area (Å²) in [5, 5.41) is 9.44. The zero-order chi connectivity index (χ0) is 8.97. The van der Waals surface area contributed by atoms with Crippen molar-refractivity contribution >= 4 is 5.97 Å². The summed E-state index contributed by atoms with van der Waals surface area (Å²) < 4.78 is 5.06. The Morgan fingerprint density at radius 3 is 2.75 bits per heavy atom. The first kappa shape index (κ1) is 9.52. The molecular weight excluding hydrogens is 156 g/mol. The predicted octanol–water partition coefficient (Wildman–Crippen LogP) is 1.24. The first-order chi connectivity index (χ1) is 5.74. The molecule has 1 saturated carbocycles. The van der Waals surface area contributed by atoms with E-state index in [1.54, 1.807) is 6.92 Å². The summed E-state index contributed by atoms with van der Waals surface area (Å²) in [7, 11) is 0. The van der Waals surface area contributed by atoms with Crippen molar-refractivity contribution in [2.24, 2.45) is 0 Å². The van der Waals surface area contributed by atoms with Crippen LogP contribution in [0.15, 0.2) is 0 Å². The van der Waals surface area contributed by atoms with Gasteiger partial charge in [0.1, 0.15) is 6.10 Å². The molecule has 1 aliphatic carbocycles. The van der Waals surface area contributed by atoms with E-state index in [-0.39, 0.29) is 12.1 Å². The van der Waals surface area contributed by atoms with Gasteiger partial charge in [-0.1, -0.05) is 13.3 Å². The van der Waals surface area contributed by atoms with Gasteiger partial charge in [0, 0.05) is 6.42 Å². The minimum absolute atomic E-state index is 0.207. The molecule has 0 bridgehead atoms. The van der Waals surface area contributed by atoms with E-state index in [1.807, 2.05) is 0 Å². The lowest BCUT2D eigenvalue weighted by Crippen LogP contribution is -2.33. The molecule has 0 aromatic heterocycles. The highest BCUT2D eigenvalue weighted by Gasteiger charge is 2.25. The predicted molar refractivity (Wildman–Crippen MR) is 44.6 cm³/mol. The smallest absolute Gasteiger partial charge is 0.305 e. The topological polar surface area (TPSA) is 46.5 Å². The Hall–Kier alpha value is -0.570. The zero-order valence-corrected chi connectivity index (χ0v) is 7.45. The van der Waals surface area contributed by atoms with Gasteiger partial charge in [0.2, 0.25) is 0 Å². The van der Waals surface area contributed by atoms with Crippen molar-refractivity contribution < 1.29 is 14.6 Å². The first-order valence-corrected chi connectivity index (χ1v) is 4.61. The zero-order valence-electron chi connectivity index (χ0n) is 7.45. The highest BCUT2D eigenvalue weighted by atomic mass is 16.6. The fraction of sp³-hybridized carbons (Fsp3) is 0.889. The first-order valence-electron chi connectivity index (χ1n) is 4.61. The lowest BCUT2D eigenvalue weighted by atomic mass is 9.95. The summed E-state index contributed by atoms with van der Waals surface area (Å²) in [4.78, 5) is 10.9. The van der Waals surface area contributed by atoms with Crippen LogP contribution < -0.4 is 0 Å². The molecule has 1 aliphatic rings. The van der Waals surface area contributed by atoms with Crippen LogP contribution in [0.5, 0.6) is 0 Å². The SMILES string of the molecule is CCC(=O)OC1CCCC[C@@H]1O. The summed E-state index contributed by atoms with van der Waals surface area (Å²) in [5.41, 5.74) is 0. The Labute approximate surface area is 72.7 Å². The molecule has 0 aromatic carbocycles. The van der Waals surface area contributed by atoms with Crippen molar-refractivity contribution in [3.8, 4) is 0 Å². The van der Waals surface area contributed by atoms with Crippen LogP contribution in [-0.2, 0) is 9.53 Å². The van der Waals surface area contributed by atoms with Gasteiger partial charge in [0.15, 0.2) is 0 Å². The van der Waals surface area contributed by atoms with E-state index >= 15 is 0 Å². The second-order valence-electron chi connectivity index (χ2n) is 3.23. The van der Waals surface area contributed by atoms with Crippen molar-refractivity contribution in [1.29, 1.82) is 0 Å². The second kappa shape index (κ2) is 4.45. The van der Waals surface area contributed by atoms with E-state index < -0.39 is 6.10 Å². The number of aliphatic hydroxyl groups excluding tert-OH is 1. The molecule has 1 N–H and O–H groups in total. The molecule has 0 radical (unpaired) electrons. The molecule has 1 unspecified atom stereocenters. The van der Waals surface area contributed by atoms with Crippen LogP contribution in [0.2, 0.25) is 0 Å². The van der Waals surface area contributed by atoms with E-state index in [0.29, 0.717) is 6.42 Å². The molecule has 1 rings (SSSR count). The van der Waals surface area contributed by atoms with Crippen LogP contribution in [-0.4, -0.2) is 23.3 Å². The maximum atomic E-state index is 10.9. The van der Waals surface area contributed by atoms with Gasteiger partial charge in [-0.05, 0) is 19.3 Å². The molecule has 0 aromatic rings. The Balaban J connectivity index is 2.33. The standard InChI is InChI=1S/C9H16O3/c1-2-9(11)12-8-6-4-3-5-7(8)10/h7-8,10H,2-6H2,1H3/t7-,8?/m0/s1. The molecule has 3 heteroatoms. The molecular formula is C9H16O3. The molecule has 1 fully saturated rings. The van der Waals surface area contributed by atoms with Gasteiger partial charge in [0.05, 0.1) is 6.10 Å². The van der Waals surface area contributed by atoms with Crippen LogP contribution in [0.1, 0.15) is 39.0 Å². The fourth-order valence-electron chi connectivity index (χ4n) is 1.47. The second-order valence-corrected chi connectivity index (χ2v) is 3.23. The van der Waals surface area contributed by atoms with Gasteiger partial charge in [0.25, 0.3) is 0 Å². The lowest BCUT2D eigenvalue weighted by molar-refractivity contribution is -0.157. The van der Waals surface area contributed by atoms with Gasteiger partial charge < -0.3 is 9.84 Å². The third-order valence-corrected chi connectivity index (χ3v) is 2.24. The van der Waals surface area contributed by atoms with Crippen molar-refractivity contribution in [2.45, 2.75) is 51.2 Å². The monoisotopic (exact) mass is 172 g/mol. The Bertz CT molecular complexity index is 156. The number of hydrogen-bond acceptors (Lipinski definition) is 3. The lowest BCUT2D eigenvalue weighted by Gasteiger charge is -2.26. The van der Waals surface area contributed by atoms with Crippen molar-refractivity contribution in [2.75, 3.05) is 0 Å². The minimum Gasteiger partial charge on any atom is -0.460 e. The average Bonchev–Trinajstić information content (AvgIpc) is 2.09. The van der Waals surface area contributed by atoms with Crippen LogP contribution >= 0.6 is 0 Å². The normalized spacial score (nSPS) is 29.8. The van der Waals surface area contributed by atoms with Gasteiger partial charge in [-0.3, -0.25) is 4.79 Å². The molecule has 0 heterocycles. The maximum absolute atomic E-state index is 10.9. The van der Waals surface area contributed by atoms with Gasteiger partial charge in [-0.2, -0.15) is 0 Å². The number of esters is 1. The average molecular weight is 172 g/mol. The maximum Gasteiger partial charge on any atom is 0.305 e. The highest BCUT2D eigenvalue weighted by molar-refractivity contribution is 5.69. The summed E-state index contributed by atoms with van der Waals surface area (Å²) in [6.07, 6.45) is 3.39. The number of ether oxygens (including phenoxy) is 1. The highest BCUT2D eigenvalue weighted by Crippen LogP contribution is 2.21. The van der Waals surface area contributed by atoms with E-state index in [4.69, 9.17) is 4.74 Å². The largest absolute Gasteiger partial charge is 0.460 e. The fourth-order valence-corrected chi connectivity index (χ4v) is 1.47. The van der Waals surface area contributed by atoms with Crippen LogP contribution in [0.25, 0.3) is 0 Å². The third-order valence-electron chi connectivity index (χ3n) is 2.24. The number of carbonyl (C=O) groups is 1. The molecule has 0 amide bonds. The summed E-state index contributed by atoms with van der Waals surface area (Å²) in [6, 6.07) is 0. The number of carbonyl (C=O) groups excluding carboxylic acids is 1. The number of rotatable bonds is 2. The Morgan fingerprint density at radius 2 is 2.17 bits per heavy atom. The molecule has 3 nitrogen and oxygen atoms in total. The van der Waals surface area contributed by atoms with Crippen LogP contribution in [0.4, 0.5) is 0 Å². The van der Waals surface area contributed by atoms with Crippen molar-refractivity contribution in [1.82, 2.24) is 0 Å². The third kappa shape index (κ3) is 2.48. The summed E-state index contributed by atoms with van der Waals surface area (Å²) >= 11 is 0.